The van der Waals surface area contributed by atoms with E-state index < -0.39 is 11.1 Å². The van der Waals surface area contributed by atoms with Gasteiger partial charge in [0, 0.05) is 22.9 Å². The number of amides is 3. The van der Waals surface area contributed by atoms with Crippen molar-refractivity contribution in [2.24, 2.45) is 10.4 Å². The molecule has 8 heteroatoms. The van der Waals surface area contributed by atoms with Gasteiger partial charge in [0.1, 0.15) is 23.7 Å². The number of hydrogen-bond acceptors (Lipinski definition) is 5. The summed E-state index contributed by atoms with van der Waals surface area (Å²) >= 11 is 0. The minimum absolute atomic E-state index is 0.0234. The average Bonchev–Trinajstić information content (AvgIpc) is 3.38. The van der Waals surface area contributed by atoms with E-state index in [0.29, 0.717) is 30.1 Å². The quantitative estimate of drug-likeness (QED) is 0.635. The summed E-state index contributed by atoms with van der Waals surface area (Å²) in [5.74, 6) is 0.264. The molecule has 0 radical (unpaired) electrons. The van der Waals surface area contributed by atoms with Gasteiger partial charge in [-0.05, 0) is 67.9 Å². The molecule has 1 aromatic carbocycles. The van der Waals surface area contributed by atoms with Gasteiger partial charge in [-0.2, -0.15) is 0 Å². The van der Waals surface area contributed by atoms with Gasteiger partial charge in [0.15, 0.2) is 0 Å². The second kappa shape index (κ2) is 8.75. The Hall–Kier alpha value is -3.55. The molecule has 1 atom stereocenters. The largest absolute Gasteiger partial charge is 0.325 e. The monoisotopic (exact) mass is 513 g/mol. The number of carbonyl (C=O) groups is 3. The summed E-state index contributed by atoms with van der Waals surface area (Å²) < 4.78 is 0. The third-order valence-corrected chi connectivity index (χ3v) is 8.65. The highest BCUT2D eigenvalue weighted by atomic mass is 16.2. The summed E-state index contributed by atoms with van der Waals surface area (Å²) in [5, 5.41) is 5.96. The summed E-state index contributed by atoms with van der Waals surface area (Å²) in [4.78, 5) is 50.9. The molecule has 2 aliphatic carbocycles. The minimum Gasteiger partial charge on any atom is -0.325 e. The van der Waals surface area contributed by atoms with Crippen LogP contribution >= 0.6 is 0 Å². The van der Waals surface area contributed by atoms with Crippen LogP contribution in [0.3, 0.4) is 0 Å². The fourth-order valence-electron chi connectivity index (χ4n) is 6.71. The molecule has 3 heterocycles. The molecular weight excluding hydrogens is 478 g/mol. The lowest BCUT2D eigenvalue weighted by atomic mass is 9.79. The number of rotatable bonds is 3. The van der Waals surface area contributed by atoms with Crippen molar-refractivity contribution in [2.45, 2.75) is 83.2 Å². The van der Waals surface area contributed by atoms with Crippen molar-refractivity contribution in [3.8, 4) is 0 Å². The van der Waals surface area contributed by atoms with Gasteiger partial charge in [-0.25, -0.2) is 4.98 Å². The predicted molar refractivity (Wildman–Crippen MR) is 146 cm³/mol. The van der Waals surface area contributed by atoms with Gasteiger partial charge in [0.05, 0.1) is 5.41 Å². The van der Waals surface area contributed by atoms with Crippen molar-refractivity contribution in [1.29, 1.82) is 0 Å². The smallest absolute Gasteiger partial charge is 0.270 e. The van der Waals surface area contributed by atoms with E-state index in [4.69, 9.17) is 4.99 Å². The SMILES string of the molecule is CC(C)(C)C1=NC2(CCCCCC2)N(CC(=O)Nc2ccc3c(c2)C[C@@]2(C3)C(=O)Nc3ncccc32)C1=O. The van der Waals surface area contributed by atoms with E-state index in [2.05, 4.69) is 15.6 Å². The summed E-state index contributed by atoms with van der Waals surface area (Å²) in [6.45, 7) is 6.00. The van der Waals surface area contributed by atoms with Crippen LogP contribution in [0.15, 0.2) is 41.5 Å². The van der Waals surface area contributed by atoms with E-state index in [0.717, 1.165) is 55.2 Å². The molecule has 198 valence electrons. The van der Waals surface area contributed by atoms with Crippen molar-refractivity contribution >= 4 is 34.9 Å². The number of fused-ring (bicyclic) bond motifs is 3. The molecule has 8 nitrogen and oxygen atoms in total. The van der Waals surface area contributed by atoms with Gasteiger partial charge >= 0.3 is 0 Å². The first kappa shape index (κ1) is 24.8. The maximum Gasteiger partial charge on any atom is 0.270 e. The highest BCUT2D eigenvalue weighted by molar-refractivity contribution is 6.42. The van der Waals surface area contributed by atoms with E-state index in [-0.39, 0.29) is 29.7 Å². The molecule has 3 amide bonds. The first-order chi connectivity index (χ1) is 18.1. The number of anilines is 2. The molecular formula is C30H35N5O3. The van der Waals surface area contributed by atoms with Crippen LogP contribution in [0.2, 0.25) is 0 Å². The molecule has 6 rings (SSSR count). The number of nitrogens with one attached hydrogen (secondary N) is 2. The van der Waals surface area contributed by atoms with Crippen molar-refractivity contribution in [2.75, 3.05) is 17.2 Å². The fraction of sp³-hybridized carbons (Fsp3) is 0.500. The van der Waals surface area contributed by atoms with E-state index >= 15 is 0 Å². The third kappa shape index (κ3) is 3.92. The first-order valence-corrected chi connectivity index (χ1v) is 13.7. The van der Waals surface area contributed by atoms with E-state index in [1.165, 1.54) is 0 Å². The van der Waals surface area contributed by atoms with E-state index in [1.54, 1.807) is 11.1 Å². The van der Waals surface area contributed by atoms with Crippen LogP contribution in [0, 0.1) is 5.41 Å². The molecule has 2 aliphatic heterocycles. The molecule has 0 unspecified atom stereocenters. The van der Waals surface area contributed by atoms with Crippen LogP contribution in [0.1, 0.15) is 76.0 Å². The lowest BCUT2D eigenvalue weighted by molar-refractivity contribution is -0.133. The van der Waals surface area contributed by atoms with Crippen molar-refractivity contribution < 1.29 is 14.4 Å². The van der Waals surface area contributed by atoms with Gasteiger partial charge in [-0.15, -0.1) is 0 Å². The molecule has 2 N–H and O–H groups in total. The lowest BCUT2D eigenvalue weighted by Gasteiger charge is -2.35. The Morgan fingerprint density at radius 3 is 2.53 bits per heavy atom. The van der Waals surface area contributed by atoms with Crippen molar-refractivity contribution in [3.05, 3.63) is 53.2 Å². The number of hydrogen-bond donors (Lipinski definition) is 2. The Morgan fingerprint density at radius 2 is 1.79 bits per heavy atom. The van der Waals surface area contributed by atoms with Crippen LogP contribution < -0.4 is 10.6 Å². The van der Waals surface area contributed by atoms with Crippen LogP contribution in [0.5, 0.6) is 0 Å². The highest BCUT2D eigenvalue weighted by Gasteiger charge is 2.52. The Morgan fingerprint density at radius 1 is 1.05 bits per heavy atom. The molecule has 4 aliphatic rings. The summed E-state index contributed by atoms with van der Waals surface area (Å²) in [7, 11) is 0. The third-order valence-electron chi connectivity index (χ3n) is 8.65. The van der Waals surface area contributed by atoms with Gasteiger partial charge in [0.25, 0.3) is 5.91 Å². The Labute approximate surface area is 223 Å². The Bertz CT molecular complexity index is 1370. The number of aliphatic imine (C=N–C) groups is 1. The van der Waals surface area contributed by atoms with Gasteiger partial charge < -0.3 is 15.5 Å². The molecule has 2 spiro atoms. The topological polar surface area (TPSA) is 104 Å². The molecule has 1 saturated carbocycles. The lowest BCUT2D eigenvalue weighted by Crippen LogP contribution is -2.50. The van der Waals surface area contributed by atoms with Crippen molar-refractivity contribution in [3.63, 3.8) is 0 Å². The maximum atomic E-state index is 13.5. The average molecular weight is 514 g/mol. The minimum atomic E-state index is -0.650. The van der Waals surface area contributed by atoms with Crippen LogP contribution in [0.4, 0.5) is 11.5 Å². The molecule has 38 heavy (non-hydrogen) atoms. The fourth-order valence-corrected chi connectivity index (χ4v) is 6.71. The van der Waals surface area contributed by atoms with Gasteiger partial charge in [0.2, 0.25) is 11.8 Å². The number of aromatic nitrogens is 1. The molecule has 2 aromatic rings. The van der Waals surface area contributed by atoms with Crippen molar-refractivity contribution in [1.82, 2.24) is 9.88 Å². The van der Waals surface area contributed by atoms with Gasteiger partial charge in [-0.1, -0.05) is 45.7 Å². The predicted octanol–water partition coefficient (Wildman–Crippen LogP) is 4.39. The van der Waals surface area contributed by atoms with E-state index in [9.17, 15) is 14.4 Å². The molecule has 1 aromatic heterocycles. The normalized spacial score (nSPS) is 23.8. The van der Waals surface area contributed by atoms with Gasteiger partial charge in [-0.3, -0.25) is 19.4 Å². The number of benzene rings is 1. The number of nitrogens with zero attached hydrogens (tertiary/aromatic N) is 3. The first-order valence-electron chi connectivity index (χ1n) is 13.7. The summed E-state index contributed by atoms with van der Waals surface area (Å²) in [6.07, 6.45) is 8.72. The summed E-state index contributed by atoms with van der Waals surface area (Å²) in [5.41, 5.74) is 2.68. The second-order valence-corrected chi connectivity index (χ2v) is 12.3. The molecule has 1 fully saturated rings. The zero-order chi connectivity index (χ0) is 26.7. The van der Waals surface area contributed by atoms with Crippen LogP contribution in [-0.4, -0.2) is 45.5 Å². The standard InChI is InChI=1S/C30H35N5O3/c1-28(2,3)24-26(37)35(30(34-24)12-6-4-5-7-13-30)18-23(36)32-21-11-10-19-16-29(17-20(19)15-21)22-9-8-14-31-25(22)33-27(29)38/h8-11,14-15H,4-7,12-13,16-18H2,1-3H3,(H,32,36)(H,31,33,38)/t29-/m1/s1. The number of pyridine rings is 1. The molecule has 0 bridgehead atoms. The highest BCUT2D eigenvalue weighted by Crippen LogP contribution is 2.47. The number of carbonyl (C=O) groups excluding carboxylic acids is 3. The Balaban J connectivity index is 1.21. The zero-order valence-corrected chi connectivity index (χ0v) is 22.4. The molecule has 0 saturated heterocycles. The Kier molecular flexibility index (Phi) is 5.70. The van der Waals surface area contributed by atoms with Crippen LogP contribution in [0.25, 0.3) is 0 Å². The summed E-state index contributed by atoms with van der Waals surface area (Å²) in [6, 6.07) is 9.69. The zero-order valence-electron chi connectivity index (χ0n) is 22.4. The second-order valence-electron chi connectivity index (χ2n) is 12.3. The maximum absolute atomic E-state index is 13.5. The van der Waals surface area contributed by atoms with Crippen LogP contribution in [-0.2, 0) is 32.6 Å². The van der Waals surface area contributed by atoms with E-state index in [1.807, 2.05) is 51.1 Å².